The number of carbonyl (C=O) groups excluding carboxylic acids is 1. The maximum atomic E-state index is 12.3. The van der Waals surface area contributed by atoms with Crippen LogP contribution in [0.5, 0.6) is 0 Å². The molecule has 9 heteroatoms. The van der Waals surface area contributed by atoms with E-state index in [2.05, 4.69) is 26.0 Å². The van der Waals surface area contributed by atoms with Gasteiger partial charge in [-0.25, -0.2) is 20.2 Å². The molecule has 2 aromatic heterocycles. The van der Waals surface area contributed by atoms with E-state index in [4.69, 9.17) is 11.6 Å². The molecule has 0 bridgehead atoms. The third-order valence-corrected chi connectivity index (χ3v) is 4.31. The van der Waals surface area contributed by atoms with Crippen molar-refractivity contribution in [2.75, 3.05) is 24.2 Å². The number of nitrogens with zero attached hydrogens (tertiary/aromatic N) is 4. The molecule has 0 saturated heterocycles. The van der Waals surface area contributed by atoms with Crippen LogP contribution in [0.25, 0.3) is 11.2 Å². The number of imidazole rings is 1. The Morgan fingerprint density at radius 3 is 2.88 bits per heavy atom. The van der Waals surface area contributed by atoms with E-state index in [1.807, 2.05) is 28.9 Å². The number of hydrogen-bond donors (Lipinski definition) is 3. The van der Waals surface area contributed by atoms with Gasteiger partial charge in [-0.15, -0.1) is 0 Å². The molecule has 3 N–H and O–H groups in total. The second kappa shape index (κ2) is 6.66. The Kier molecular flexibility index (Phi) is 4.19. The molecule has 0 saturated carbocycles. The number of rotatable bonds is 3. The van der Waals surface area contributed by atoms with Crippen molar-refractivity contribution in [3.63, 3.8) is 0 Å². The molecular weight excluding hydrogens is 354 g/mol. The molecule has 3 aromatic rings. The highest BCUT2D eigenvalue weighted by atomic mass is 35.5. The fourth-order valence-electron chi connectivity index (χ4n) is 2.76. The van der Waals surface area contributed by atoms with Gasteiger partial charge in [0.25, 0.3) is 0 Å². The van der Waals surface area contributed by atoms with Crippen molar-refractivity contribution in [1.82, 2.24) is 24.8 Å². The van der Waals surface area contributed by atoms with Gasteiger partial charge in [-0.1, -0.05) is 23.7 Å². The van der Waals surface area contributed by atoms with Gasteiger partial charge in [-0.2, -0.15) is 0 Å². The standard InChI is InChI=1S/C17H16ClN7O/c1-24-10-11(8-21-24)14-9-20-16-15(19-6-7-25(14)16)23-17(26)22-13-5-3-2-4-12(13)18/h2-7,9-10,21H,8H2,1H3,(H2,19,22,23,26). The summed E-state index contributed by atoms with van der Waals surface area (Å²) in [6.07, 6.45) is 7.20. The van der Waals surface area contributed by atoms with E-state index in [-0.39, 0.29) is 0 Å². The molecule has 0 aliphatic carbocycles. The van der Waals surface area contributed by atoms with Gasteiger partial charge in [-0.3, -0.25) is 9.72 Å². The van der Waals surface area contributed by atoms with Gasteiger partial charge in [-0.05, 0) is 12.1 Å². The van der Waals surface area contributed by atoms with E-state index in [9.17, 15) is 4.79 Å². The third kappa shape index (κ3) is 3.07. The van der Waals surface area contributed by atoms with Crippen LogP contribution >= 0.6 is 11.6 Å². The average molecular weight is 370 g/mol. The van der Waals surface area contributed by atoms with Crippen molar-refractivity contribution >= 4 is 40.4 Å². The van der Waals surface area contributed by atoms with Gasteiger partial charge < -0.3 is 10.3 Å². The Labute approximate surface area is 154 Å². The molecule has 1 aliphatic rings. The fraction of sp³-hybridized carbons (Fsp3) is 0.118. The molecule has 1 aromatic carbocycles. The summed E-state index contributed by atoms with van der Waals surface area (Å²) in [5.74, 6) is 0.364. The van der Waals surface area contributed by atoms with Crippen molar-refractivity contribution < 1.29 is 4.79 Å². The molecule has 26 heavy (non-hydrogen) atoms. The normalized spacial score (nSPS) is 13.8. The molecule has 2 amide bonds. The number of anilines is 2. The topological polar surface area (TPSA) is 86.6 Å². The summed E-state index contributed by atoms with van der Waals surface area (Å²) in [6.45, 7) is 0.711. The highest BCUT2D eigenvalue weighted by Gasteiger charge is 2.17. The maximum Gasteiger partial charge on any atom is 0.324 e. The number of fused-ring (bicyclic) bond motifs is 1. The molecule has 0 radical (unpaired) electrons. The van der Waals surface area contributed by atoms with Crippen molar-refractivity contribution in [2.24, 2.45) is 0 Å². The van der Waals surface area contributed by atoms with Crippen molar-refractivity contribution in [3.8, 4) is 0 Å². The monoisotopic (exact) mass is 369 g/mol. The van der Waals surface area contributed by atoms with Crippen LogP contribution in [0.1, 0.15) is 5.69 Å². The van der Waals surface area contributed by atoms with Gasteiger partial charge >= 0.3 is 6.03 Å². The Morgan fingerprint density at radius 1 is 1.27 bits per heavy atom. The van der Waals surface area contributed by atoms with E-state index in [0.29, 0.717) is 28.7 Å². The predicted octanol–water partition coefficient (Wildman–Crippen LogP) is 2.82. The smallest absolute Gasteiger partial charge is 0.318 e. The van der Waals surface area contributed by atoms with Gasteiger partial charge in [0.15, 0.2) is 11.5 Å². The Balaban J connectivity index is 1.59. The van der Waals surface area contributed by atoms with Crippen LogP contribution in [0.2, 0.25) is 5.02 Å². The quantitative estimate of drug-likeness (QED) is 0.661. The lowest BCUT2D eigenvalue weighted by Crippen LogP contribution is -2.23. The third-order valence-electron chi connectivity index (χ3n) is 3.98. The van der Waals surface area contributed by atoms with Gasteiger partial charge in [0.2, 0.25) is 0 Å². The van der Waals surface area contributed by atoms with Gasteiger partial charge in [0.05, 0.1) is 22.6 Å². The number of hydrogen-bond acceptors (Lipinski definition) is 5. The van der Waals surface area contributed by atoms with E-state index in [1.54, 1.807) is 36.7 Å². The fourth-order valence-corrected chi connectivity index (χ4v) is 2.94. The summed E-state index contributed by atoms with van der Waals surface area (Å²) >= 11 is 6.06. The molecule has 0 atom stereocenters. The minimum Gasteiger partial charge on any atom is -0.318 e. The van der Waals surface area contributed by atoms with Crippen LogP contribution in [0.3, 0.4) is 0 Å². The number of amides is 2. The lowest BCUT2D eigenvalue weighted by molar-refractivity contribution is 0.262. The maximum absolute atomic E-state index is 12.3. The lowest BCUT2D eigenvalue weighted by atomic mass is 10.2. The molecule has 4 rings (SSSR count). The van der Waals surface area contributed by atoms with Crippen molar-refractivity contribution in [1.29, 1.82) is 0 Å². The second-order valence-electron chi connectivity index (χ2n) is 5.77. The lowest BCUT2D eigenvalue weighted by Gasteiger charge is -2.09. The van der Waals surface area contributed by atoms with Crippen LogP contribution in [-0.4, -0.2) is 39.0 Å². The summed E-state index contributed by atoms with van der Waals surface area (Å²) in [4.78, 5) is 20.9. The SMILES string of the molecule is CN1C=C(c2cnc3c(NC(=O)Nc4ccccc4Cl)nccn23)CN1. The molecule has 8 nitrogen and oxygen atoms in total. The zero-order valence-electron chi connectivity index (χ0n) is 13.9. The van der Waals surface area contributed by atoms with Crippen LogP contribution in [0, 0.1) is 0 Å². The number of benzene rings is 1. The number of para-hydroxylation sites is 1. The Morgan fingerprint density at radius 2 is 2.12 bits per heavy atom. The first-order valence-corrected chi connectivity index (χ1v) is 8.31. The molecule has 3 heterocycles. The number of nitrogens with one attached hydrogen (secondary N) is 3. The minimum atomic E-state index is -0.440. The first-order valence-electron chi connectivity index (χ1n) is 7.94. The van der Waals surface area contributed by atoms with Crippen molar-refractivity contribution in [3.05, 3.63) is 59.8 Å². The molecule has 0 spiro atoms. The van der Waals surface area contributed by atoms with Crippen LogP contribution in [0.15, 0.2) is 49.1 Å². The second-order valence-corrected chi connectivity index (χ2v) is 6.18. The molecule has 0 fully saturated rings. The molecule has 132 valence electrons. The predicted molar refractivity (Wildman–Crippen MR) is 101 cm³/mol. The summed E-state index contributed by atoms with van der Waals surface area (Å²) in [5.41, 5.74) is 6.31. The molecule has 1 aliphatic heterocycles. The highest BCUT2D eigenvalue weighted by Crippen LogP contribution is 2.23. The minimum absolute atomic E-state index is 0.364. The van der Waals surface area contributed by atoms with Crippen LogP contribution < -0.4 is 16.1 Å². The van der Waals surface area contributed by atoms with Crippen molar-refractivity contribution in [2.45, 2.75) is 0 Å². The largest absolute Gasteiger partial charge is 0.324 e. The number of aromatic nitrogens is 3. The summed E-state index contributed by atoms with van der Waals surface area (Å²) in [7, 11) is 1.93. The van der Waals surface area contributed by atoms with E-state index < -0.39 is 6.03 Å². The number of carbonyl (C=O) groups is 1. The zero-order chi connectivity index (χ0) is 18.1. The summed E-state index contributed by atoms with van der Waals surface area (Å²) < 4.78 is 1.89. The van der Waals surface area contributed by atoms with Crippen LogP contribution in [-0.2, 0) is 0 Å². The Bertz CT molecular complexity index is 1010. The van der Waals surface area contributed by atoms with E-state index >= 15 is 0 Å². The van der Waals surface area contributed by atoms with Gasteiger partial charge in [0, 0.05) is 37.8 Å². The number of hydrazine groups is 1. The highest BCUT2D eigenvalue weighted by molar-refractivity contribution is 6.33. The molecule has 0 unspecified atom stereocenters. The van der Waals surface area contributed by atoms with Gasteiger partial charge in [0.1, 0.15) is 0 Å². The van der Waals surface area contributed by atoms with Crippen LogP contribution in [0.4, 0.5) is 16.3 Å². The van der Waals surface area contributed by atoms with E-state index in [0.717, 1.165) is 11.3 Å². The number of halogens is 1. The zero-order valence-corrected chi connectivity index (χ0v) is 14.7. The Hall–Kier alpha value is -3.10. The molecular formula is C17H16ClN7O. The van der Waals surface area contributed by atoms with E-state index in [1.165, 1.54) is 0 Å². The first kappa shape index (κ1) is 16.4. The average Bonchev–Trinajstić information content (AvgIpc) is 3.23. The summed E-state index contributed by atoms with van der Waals surface area (Å²) in [6, 6.07) is 6.58. The first-order chi connectivity index (χ1) is 12.6. The summed E-state index contributed by atoms with van der Waals surface area (Å²) in [5, 5.41) is 7.78. The number of urea groups is 1.